The van der Waals surface area contributed by atoms with Crippen molar-refractivity contribution < 1.29 is 13.3 Å². The van der Waals surface area contributed by atoms with Crippen LogP contribution < -0.4 is 4.72 Å². The molecule has 0 aliphatic heterocycles. The molecule has 1 heterocycles. The number of nitrogens with one attached hydrogen (secondary N) is 1. The Morgan fingerprint density at radius 2 is 2.00 bits per heavy atom. The minimum Gasteiger partial charge on any atom is -0.258 e. The molecule has 20 heavy (non-hydrogen) atoms. The van der Waals surface area contributed by atoms with E-state index in [4.69, 9.17) is 0 Å². The molecule has 0 unspecified atom stereocenters. The number of aryl methyl sites for hydroxylation is 1. The highest BCUT2D eigenvalue weighted by molar-refractivity contribution is 7.93. The first-order chi connectivity index (χ1) is 9.42. The Labute approximate surface area is 119 Å². The minimum atomic E-state index is -3.78. The number of benzene rings is 1. The molecule has 0 bridgehead atoms. The number of rotatable bonds is 5. The highest BCUT2D eigenvalue weighted by Gasteiger charge is 2.17. The van der Waals surface area contributed by atoms with Crippen LogP contribution in [0.25, 0.3) is 0 Å². The summed E-state index contributed by atoms with van der Waals surface area (Å²) in [5, 5.41) is 12.6. The second-order valence-corrected chi connectivity index (χ2v) is 6.39. The summed E-state index contributed by atoms with van der Waals surface area (Å²) in [6.07, 6.45) is 0.718. The van der Waals surface area contributed by atoms with Crippen molar-refractivity contribution in [2.45, 2.75) is 18.2 Å². The van der Waals surface area contributed by atoms with E-state index in [0.29, 0.717) is 0 Å². The molecular formula is C11H11N3O4S2. The summed E-state index contributed by atoms with van der Waals surface area (Å²) in [6.45, 7) is 1.92. The third-order valence-electron chi connectivity index (χ3n) is 2.49. The van der Waals surface area contributed by atoms with Gasteiger partial charge < -0.3 is 0 Å². The van der Waals surface area contributed by atoms with E-state index in [9.17, 15) is 18.5 Å². The number of nitro groups is 1. The van der Waals surface area contributed by atoms with Crippen molar-refractivity contribution in [3.63, 3.8) is 0 Å². The molecule has 7 nitrogen and oxygen atoms in total. The molecular weight excluding hydrogens is 302 g/mol. The molecule has 0 spiro atoms. The maximum Gasteiger partial charge on any atom is 0.269 e. The lowest BCUT2D eigenvalue weighted by Crippen LogP contribution is -2.12. The van der Waals surface area contributed by atoms with E-state index >= 15 is 0 Å². The fourth-order valence-electron chi connectivity index (χ4n) is 1.44. The quantitative estimate of drug-likeness (QED) is 0.674. The van der Waals surface area contributed by atoms with Gasteiger partial charge in [0.2, 0.25) is 0 Å². The zero-order valence-electron chi connectivity index (χ0n) is 10.4. The van der Waals surface area contributed by atoms with Crippen LogP contribution in [0.3, 0.4) is 0 Å². The first kappa shape index (κ1) is 14.4. The molecule has 106 valence electrons. The molecule has 0 aliphatic carbocycles. The summed E-state index contributed by atoms with van der Waals surface area (Å²) in [7, 11) is -3.78. The average Bonchev–Trinajstić information content (AvgIpc) is 2.85. The van der Waals surface area contributed by atoms with E-state index in [1.54, 1.807) is 5.38 Å². The number of nitro benzene ring substituents is 1. The Kier molecular flexibility index (Phi) is 4.00. The SMILES string of the molecule is CCc1csc(NS(=O)(=O)c2ccc([N+](=O)[O-])cc2)n1. The van der Waals surface area contributed by atoms with E-state index in [1.165, 1.54) is 23.5 Å². The minimum absolute atomic E-state index is 0.0450. The summed E-state index contributed by atoms with van der Waals surface area (Å²) >= 11 is 1.19. The molecule has 2 aromatic rings. The van der Waals surface area contributed by atoms with E-state index in [1.807, 2.05) is 6.92 Å². The third-order valence-corrected chi connectivity index (χ3v) is 4.78. The van der Waals surface area contributed by atoms with Crippen molar-refractivity contribution in [2.75, 3.05) is 4.72 Å². The Morgan fingerprint density at radius 1 is 1.35 bits per heavy atom. The summed E-state index contributed by atoms with van der Waals surface area (Å²) in [5.74, 6) is 0. The van der Waals surface area contributed by atoms with Crippen LogP contribution in [0.2, 0.25) is 0 Å². The predicted molar refractivity (Wildman–Crippen MR) is 75.4 cm³/mol. The van der Waals surface area contributed by atoms with Crippen LogP contribution in [0.4, 0.5) is 10.8 Å². The van der Waals surface area contributed by atoms with Crippen LogP contribution in [0, 0.1) is 10.1 Å². The van der Waals surface area contributed by atoms with Crippen LogP contribution >= 0.6 is 11.3 Å². The molecule has 2 rings (SSSR count). The van der Waals surface area contributed by atoms with Gasteiger partial charge >= 0.3 is 0 Å². The van der Waals surface area contributed by atoms with E-state index < -0.39 is 14.9 Å². The first-order valence-corrected chi connectivity index (χ1v) is 8.00. The lowest BCUT2D eigenvalue weighted by Gasteiger charge is -2.04. The van der Waals surface area contributed by atoms with Gasteiger partial charge in [-0.2, -0.15) is 0 Å². The van der Waals surface area contributed by atoms with Crippen LogP contribution in [-0.2, 0) is 16.4 Å². The predicted octanol–water partition coefficient (Wildman–Crippen LogP) is 2.41. The van der Waals surface area contributed by atoms with Crippen molar-refractivity contribution in [1.29, 1.82) is 0 Å². The van der Waals surface area contributed by atoms with Gasteiger partial charge in [-0.1, -0.05) is 6.92 Å². The highest BCUT2D eigenvalue weighted by Crippen LogP contribution is 2.21. The lowest BCUT2D eigenvalue weighted by molar-refractivity contribution is -0.384. The number of anilines is 1. The monoisotopic (exact) mass is 313 g/mol. The summed E-state index contributed by atoms with van der Waals surface area (Å²) < 4.78 is 26.5. The molecule has 1 aromatic heterocycles. The van der Waals surface area contributed by atoms with Crippen molar-refractivity contribution in [3.8, 4) is 0 Å². The second-order valence-electron chi connectivity index (χ2n) is 3.85. The fraction of sp³-hybridized carbons (Fsp3) is 0.182. The normalized spacial score (nSPS) is 11.2. The molecule has 0 fully saturated rings. The Morgan fingerprint density at radius 3 is 2.50 bits per heavy atom. The topological polar surface area (TPSA) is 102 Å². The lowest BCUT2D eigenvalue weighted by atomic mass is 10.3. The second kappa shape index (κ2) is 5.55. The van der Waals surface area contributed by atoms with Gasteiger partial charge in [-0.05, 0) is 18.6 Å². The molecule has 0 aliphatic rings. The summed E-state index contributed by atoms with van der Waals surface area (Å²) in [4.78, 5) is 14.0. The summed E-state index contributed by atoms with van der Waals surface area (Å²) in [5.41, 5.74) is 0.642. The van der Waals surface area contributed by atoms with E-state index in [0.717, 1.165) is 24.2 Å². The molecule has 1 aromatic carbocycles. The Bertz CT molecular complexity index is 722. The number of thiazole rings is 1. The number of hydrogen-bond donors (Lipinski definition) is 1. The van der Waals surface area contributed by atoms with E-state index in [-0.39, 0.29) is 15.7 Å². The third kappa shape index (κ3) is 3.11. The summed E-state index contributed by atoms with van der Waals surface area (Å²) in [6, 6.07) is 4.67. The van der Waals surface area contributed by atoms with Crippen LogP contribution in [0.5, 0.6) is 0 Å². The molecule has 0 atom stereocenters. The number of aromatic nitrogens is 1. The Balaban J connectivity index is 2.23. The van der Waals surface area contributed by atoms with Crippen LogP contribution in [0.15, 0.2) is 34.5 Å². The zero-order valence-corrected chi connectivity index (χ0v) is 12.1. The average molecular weight is 313 g/mol. The highest BCUT2D eigenvalue weighted by atomic mass is 32.2. The maximum atomic E-state index is 12.1. The van der Waals surface area contributed by atoms with Gasteiger partial charge in [-0.15, -0.1) is 11.3 Å². The number of nitrogens with zero attached hydrogens (tertiary/aromatic N) is 2. The van der Waals surface area contributed by atoms with E-state index in [2.05, 4.69) is 9.71 Å². The number of hydrogen-bond acceptors (Lipinski definition) is 6. The van der Waals surface area contributed by atoms with Gasteiger partial charge in [0.05, 0.1) is 15.5 Å². The van der Waals surface area contributed by atoms with Crippen molar-refractivity contribution >= 4 is 32.2 Å². The van der Waals surface area contributed by atoms with Crippen molar-refractivity contribution in [2.24, 2.45) is 0 Å². The van der Waals surface area contributed by atoms with Gasteiger partial charge in [0.1, 0.15) is 0 Å². The van der Waals surface area contributed by atoms with Crippen molar-refractivity contribution in [3.05, 3.63) is 45.5 Å². The van der Waals surface area contributed by atoms with Crippen LogP contribution in [-0.4, -0.2) is 18.3 Å². The standard InChI is InChI=1S/C11H11N3O4S2/c1-2-8-7-19-11(12-8)13-20(17,18)10-5-3-9(4-6-10)14(15)16/h3-7H,2H2,1H3,(H,12,13). The molecule has 1 N–H and O–H groups in total. The number of non-ortho nitro benzene ring substituents is 1. The smallest absolute Gasteiger partial charge is 0.258 e. The van der Waals surface area contributed by atoms with Gasteiger partial charge in [-0.3, -0.25) is 14.8 Å². The first-order valence-electron chi connectivity index (χ1n) is 5.64. The molecule has 9 heteroatoms. The zero-order chi connectivity index (χ0) is 14.8. The Hall–Kier alpha value is -2.00. The van der Waals surface area contributed by atoms with Gasteiger partial charge in [0.15, 0.2) is 5.13 Å². The van der Waals surface area contributed by atoms with Gasteiger partial charge in [0.25, 0.3) is 15.7 Å². The maximum absolute atomic E-state index is 12.1. The molecule has 0 saturated heterocycles. The van der Waals surface area contributed by atoms with Crippen LogP contribution in [0.1, 0.15) is 12.6 Å². The molecule has 0 amide bonds. The van der Waals surface area contributed by atoms with Crippen molar-refractivity contribution in [1.82, 2.24) is 4.98 Å². The molecule has 0 saturated carbocycles. The fourth-order valence-corrected chi connectivity index (χ4v) is 3.48. The van der Waals surface area contributed by atoms with Gasteiger partial charge in [0, 0.05) is 17.5 Å². The van der Waals surface area contributed by atoms with Gasteiger partial charge in [-0.25, -0.2) is 13.4 Å². The molecule has 0 radical (unpaired) electrons. The largest absolute Gasteiger partial charge is 0.269 e. The number of sulfonamides is 1.